The maximum absolute atomic E-state index is 12.1. The van der Waals surface area contributed by atoms with Gasteiger partial charge in [-0.25, -0.2) is 4.98 Å². The number of methoxy groups -OCH3 is 1. The lowest BCUT2D eigenvalue weighted by atomic mass is 9.95. The van der Waals surface area contributed by atoms with E-state index in [1.807, 2.05) is 0 Å². The lowest BCUT2D eigenvalue weighted by Crippen LogP contribution is -2.34. The summed E-state index contributed by atoms with van der Waals surface area (Å²) in [4.78, 5) is 27.1. The third-order valence-corrected chi connectivity index (χ3v) is 3.65. The molecular formula is C14H18N2O4. The summed E-state index contributed by atoms with van der Waals surface area (Å²) >= 11 is 0. The molecule has 1 fully saturated rings. The van der Waals surface area contributed by atoms with Crippen molar-refractivity contribution >= 4 is 11.9 Å². The predicted octanol–water partition coefficient (Wildman–Crippen LogP) is 1.21. The predicted molar refractivity (Wildman–Crippen MR) is 71.1 cm³/mol. The third-order valence-electron chi connectivity index (χ3n) is 3.65. The van der Waals surface area contributed by atoms with Crippen molar-refractivity contribution in [1.29, 1.82) is 0 Å². The zero-order chi connectivity index (χ0) is 14.5. The molecule has 0 saturated heterocycles. The van der Waals surface area contributed by atoms with E-state index in [4.69, 9.17) is 9.84 Å². The van der Waals surface area contributed by atoms with Gasteiger partial charge in [0.05, 0.1) is 18.9 Å². The number of carboxylic acids is 1. The molecule has 0 aliphatic heterocycles. The lowest BCUT2D eigenvalue weighted by Gasteiger charge is -2.15. The fourth-order valence-electron chi connectivity index (χ4n) is 2.56. The molecule has 2 rings (SSSR count). The summed E-state index contributed by atoms with van der Waals surface area (Å²) in [6, 6.07) is 3.52. The number of carbonyl (C=O) groups excluding carboxylic acids is 1. The highest BCUT2D eigenvalue weighted by molar-refractivity contribution is 5.85. The van der Waals surface area contributed by atoms with Crippen molar-refractivity contribution in [1.82, 2.24) is 10.3 Å². The van der Waals surface area contributed by atoms with Crippen molar-refractivity contribution in [3.8, 4) is 5.88 Å². The first-order chi connectivity index (χ1) is 9.61. The van der Waals surface area contributed by atoms with Gasteiger partial charge >= 0.3 is 5.97 Å². The zero-order valence-electron chi connectivity index (χ0n) is 11.3. The maximum Gasteiger partial charge on any atom is 0.307 e. The van der Waals surface area contributed by atoms with E-state index >= 15 is 0 Å². The second kappa shape index (κ2) is 6.36. The minimum Gasteiger partial charge on any atom is -0.481 e. The SMILES string of the molecule is COc1cc(CNC(=O)[C@@H]2CCC[C@@H]2C(=O)O)ccn1. The number of pyridine rings is 1. The number of aromatic nitrogens is 1. The van der Waals surface area contributed by atoms with Gasteiger partial charge in [0.2, 0.25) is 11.8 Å². The van der Waals surface area contributed by atoms with Crippen molar-refractivity contribution in [2.45, 2.75) is 25.8 Å². The number of hydrogen-bond donors (Lipinski definition) is 2. The van der Waals surface area contributed by atoms with Gasteiger partial charge < -0.3 is 15.2 Å². The summed E-state index contributed by atoms with van der Waals surface area (Å²) in [5.74, 6) is -1.56. The Morgan fingerprint density at radius 1 is 1.45 bits per heavy atom. The quantitative estimate of drug-likeness (QED) is 0.845. The lowest BCUT2D eigenvalue weighted by molar-refractivity contribution is -0.146. The molecule has 2 atom stereocenters. The molecule has 2 N–H and O–H groups in total. The van der Waals surface area contributed by atoms with Crippen LogP contribution >= 0.6 is 0 Å². The summed E-state index contributed by atoms with van der Waals surface area (Å²) in [5, 5.41) is 11.9. The molecule has 108 valence electrons. The number of amides is 1. The summed E-state index contributed by atoms with van der Waals surface area (Å²) in [7, 11) is 1.53. The standard InChI is InChI=1S/C14H18N2O4/c1-20-12-7-9(5-6-15-12)8-16-13(17)10-3-2-4-11(10)14(18)19/h5-7,10-11H,2-4,8H2,1H3,(H,16,17)(H,18,19)/t10-,11+/m1/s1. The number of nitrogens with zero attached hydrogens (tertiary/aromatic N) is 1. The number of carbonyl (C=O) groups is 2. The molecule has 0 spiro atoms. The first kappa shape index (κ1) is 14.3. The average Bonchev–Trinajstić information content (AvgIpc) is 2.94. The number of ether oxygens (including phenoxy) is 1. The molecule has 0 aromatic carbocycles. The van der Waals surface area contributed by atoms with E-state index in [1.165, 1.54) is 7.11 Å². The Labute approximate surface area is 117 Å². The van der Waals surface area contributed by atoms with Crippen LogP contribution in [0.5, 0.6) is 5.88 Å². The van der Waals surface area contributed by atoms with Crippen molar-refractivity contribution in [2.24, 2.45) is 11.8 Å². The van der Waals surface area contributed by atoms with Crippen molar-refractivity contribution < 1.29 is 19.4 Å². The van der Waals surface area contributed by atoms with Crippen LogP contribution in [-0.4, -0.2) is 29.1 Å². The molecule has 1 aromatic rings. The van der Waals surface area contributed by atoms with Gasteiger partial charge in [-0.1, -0.05) is 6.42 Å². The van der Waals surface area contributed by atoms with Crippen LogP contribution in [0, 0.1) is 11.8 Å². The highest BCUT2D eigenvalue weighted by Crippen LogP contribution is 2.32. The Hall–Kier alpha value is -2.11. The third kappa shape index (κ3) is 3.26. The topological polar surface area (TPSA) is 88.5 Å². The normalized spacial score (nSPS) is 21.4. The van der Waals surface area contributed by atoms with Crippen LogP contribution in [-0.2, 0) is 16.1 Å². The van der Waals surface area contributed by atoms with E-state index in [0.29, 0.717) is 25.3 Å². The van der Waals surface area contributed by atoms with Crippen LogP contribution in [0.25, 0.3) is 0 Å². The van der Waals surface area contributed by atoms with E-state index in [1.54, 1.807) is 18.3 Å². The highest BCUT2D eigenvalue weighted by atomic mass is 16.5. The average molecular weight is 278 g/mol. The van der Waals surface area contributed by atoms with Crippen LogP contribution in [0.15, 0.2) is 18.3 Å². The zero-order valence-corrected chi connectivity index (χ0v) is 11.3. The summed E-state index contributed by atoms with van der Waals surface area (Å²) < 4.78 is 5.01. The van der Waals surface area contributed by atoms with Crippen molar-refractivity contribution in [2.75, 3.05) is 7.11 Å². The molecule has 1 heterocycles. The van der Waals surface area contributed by atoms with E-state index in [2.05, 4.69) is 10.3 Å². The Morgan fingerprint density at radius 3 is 2.90 bits per heavy atom. The van der Waals surface area contributed by atoms with Crippen molar-refractivity contribution in [3.05, 3.63) is 23.9 Å². The minimum atomic E-state index is -0.881. The first-order valence-electron chi connectivity index (χ1n) is 6.61. The molecule has 6 nitrogen and oxygen atoms in total. The van der Waals surface area contributed by atoms with Gasteiger partial charge in [-0.05, 0) is 24.5 Å². The molecular weight excluding hydrogens is 260 g/mol. The van der Waals surface area contributed by atoms with Crippen LogP contribution in [0.3, 0.4) is 0 Å². The van der Waals surface area contributed by atoms with E-state index < -0.39 is 17.8 Å². The van der Waals surface area contributed by atoms with Crippen LogP contribution in [0.1, 0.15) is 24.8 Å². The van der Waals surface area contributed by atoms with Gasteiger partial charge in [-0.2, -0.15) is 0 Å². The van der Waals surface area contributed by atoms with E-state index in [-0.39, 0.29) is 5.91 Å². The summed E-state index contributed by atoms with van der Waals surface area (Å²) in [5.41, 5.74) is 0.870. The van der Waals surface area contributed by atoms with Gasteiger partial charge in [0.25, 0.3) is 0 Å². The van der Waals surface area contributed by atoms with Gasteiger partial charge in [-0.3, -0.25) is 9.59 Å². The Kier molecular flexibility index (Phi) is 4.55. The largest absolute Gasteiger partial charge is 0.481 e. The number of hydrogen-bond acceptors (Lipinski definition) is 4. The molecule has 1 saturated carbocycles. The molecule has 1 amide bonds. The molecule has 0 bridgehead atoms. The number of rotatable bonds is 5. The van der Waals surface area contributed by atoms with Gasteiger partial charge in [-0.15, -0.1) is 0 Å². The molecule has 6 heteroatoms. The maximum atomic E-state index is 12.1. The molecule has 1 aliphatic carbocycles. The number of aliphatic carboxylic acids is 1. The van der Waals surface area contributed by atoms with Gasteiger partial charge in [0.15, 0.2) is 0 Å². The fraction of sp³-hybridized carbons (Fsp3) is 0.500. The Bertz CT molecular complexity index is 504. The Balaban J connectivity index is 1.93. The summed E-state index contributed by atoms with van der Waals surface area (Å²) in [6.07, 6.45) is 3.62. The molecule has 1 aromatic heterocycles. The fourth-order valence-corrected chi connectivity index (χ4v) is 2.56. The van der Waals surface area contributed by atoms with Crippen LogP contribution in [0.4, 0.5) is 0 Å². The molecule has 0 radical (unpaired) electrons. The highest BCUT2D eigenvalue weighted by Gasteiger charge is 2.37. The van der Waals surface area contributed by atoms with E-state index in [0.717, 1.165) is 12.0 Å². The minimum absolute atomic E-state index is 0.189. The molecule has 20 heavy (non-hydrogen) atoms. The smallest absolute Gasteiger partial charge is 0.307 e. The molecule has 0 unspecified atom stereocenters. The van der Waals surface area contributed by atoms with Crippen molar-refractivity contribution in [3.63, 3.8) is 0 Å². The number of nitrogens with one attached hydrogen (secondary N) is 1. The number of carboxylic acid groups (broad SMARTS) is 1. The van der Waals surface area contributed by atoms with Gasteiger partial charge in [0, 0.05) is 18.8 Å². The van der Waals surface area contributed by atoms with Gasteiger partial charge in [0.1, 0.15) is 0 Å². The monoisotopic (exact) mass is 278 g/mol. The Morgan fingerprint density at radius 2 is 2.20 bits per heavy atom. The summed E-state index contributed by atoms with van der Waals surface area (Å²) in [6.45, 7) is 0.348. The van der Waals surface area contributed by atoms with Crippen LogP contribution in [0.2, 0.25) is 0 Å². The molecule has 1 aliphatic rings. The first-order valence-corrected chi connectivity index (χ1v) is 6.61. The second-order valence-electron chi connectivity index (χ2n) is 4.91. The van der Waals surface area contributed by atoms with E-state index in [9.17, 15) is 9.59 Å². The van der Waals surface area contributed by atoms with Crippen LogP contribution < -0.4 is 10.1 Å². The second-order valence-corrected chi connectivity index (χ2v) is 4.91.